The zero-order valence-electron chi connectivity index (χ0n) is 11.5. The van der Waals surface area contributed by atoms with Crippen LogP contribution in [0.5, 0.6) is 5.75 Å². The highest BCUT2D eigenvalue weighted by Crippen LogP contribution is 2.11. The molecule has 0 spiro atoms. The molecule has 1 aromatic carbocycles. The van der Waals surface area contributed by atoms with E-state index in [4.69, 9.17) is 9.47 Å². The minimum atomic E-state index is -0.301. The van der Waals surface area contributed by atoms with Crippen LogP contribution < -0.4 is 10.1 Å². The summed E-state index contributed by atoms with van der Waals surface area (Å²) in [6, 6.07) is 7.42. The highest BCUT2D eigenvalue weighted by molar-refractivity contribution is 5.75. The summed E-state index contributed by atoms with van der Waals surface area (Å²) in [5.74, 6) is 0.579. The lowest BCUT2D eigenvalue weighted by atomic mass is 10.1. The number of carbonyl (C=O) groups is 1. The van der Waals surface area contributed by atoms with Gasteiger partial charge in [0, 0.05) is 6.54 Å². The number of carbonyl (C=O) groups excluding carboxylic acids is 1. The molecule has 1 N–H and O–H groups in total. The minimum absolute atomic E-state index is 0.240. The van der Waals surface area contributed by atoms with Gasteiger partial charge in [0.25, 0.3) is 0 Å². The van der Waals surface area contributed by atoms with Crippen molar-refractivity contribution in [1.82, 2.24) is 5.32 Å². The van der Waals surface area contributed by atoms with E-state index in [0.717, 1.165) is 17.7 Å². The van der Waals surface area contributed by atoms with Gasteiger partial charge >= 0.3 is 5.97 Å². The number of ether oxygens (including phenoxy) is 2. The van der Waals surface area contributed by atoms with Crippen LogP contribution in [0.2, 0.25) is 0 Å². The molecule has 0 aliphatic rings. The predicted octanol–water partition coefficient (Wildman–Crippen LogP) is 2.29. The second-order valence-corrected chi connectivity index (χ2v) is 4.17. The number of benzene rings is 1. The first-order valence-electron chi connectivity index (χ1n) is 6.26. The fourth-order valence-corrected chi connectivity index (χ4v) is 1.71. The van der Waals surface area contributed by atoms with Crippen molar-refractivity contribution in [2.24, 2.45) is 0 Å². The third-order valence-electron chi connectivity index (χ3n) is 2.86. The van der Waals surface area contributed by atoms with E-state index in [9.17, 15) is 4.79 Å². The van der Waals surface area contributed by atoms with E-state index in [1.807, 2.05) is 24.3 Å². The molecule has 0 aliphatic carbocycles. The first kappa shape index (κ1) is 15.2. The van der Waals surface area contributed by atoms with Gasteiger partial charge in [0.15, 0.2) is 0 Å². The van der Waals surface area contributed by atoms with Gasteiger partial charge in [-0.2, -0.15) is 0 Å². The van der Waals surface area contributed by atoms with Crippen LogP contribution in [0.15, 0.2) is 36.9 Å². The maximum absolute atomic E-state index is 11.6. The van der Waals surface area contributed by atoms with Crippen molar-refractivity contribution in [3.05, 3.63) is 42.5 Å². The summed E-state index contributed by atoms with van der Waals surface area (Å²) in [6.07, 6.45) is 3.26. The van der Waals surface area contributed by atoms with E-state index in [-0.39, 0.29) is 12.0 Å². The van der Waals surface area contributed by atoms with Crippen molar-refractivity contribution in [1.29, 1.82) is 0 Å². The van der Waals surface area contributed by atoms with Crippen LogP contribution in [0.1, 0.15) is 18.4 Å². The number of hydrogen-bond donors (Lipinski definition) is 1. The zero-order chi connectivity index (χ0) is 14.1. The van der Waals surface area contributed by atoms with Gasteiger partial charge in [0.05, 0.1) is 14.2 Å². The largest absolute Gasteiger partial charge is 0.497 e. The Labute approximate surface area is 114 Å². The number of allylic oxidation sites excluding steroid dienone is 1. The molecular weight excluding hydrogens is 242 g/mol. The van der Waals surface area contributed by atoms with Crippen LogP contribution in [0.4, 0.5) is 0 Å². The highest BCUT2D eigenvalue weighted by atomic mass is 16.5. The average Bonchev–Trinajstić information content (AvgIpc) is 2.47. The molecule has 0 aliphatic heterocycles. The van der Waals surface area contributed by atoms with E-state index >= 15 is 0 Å². The Hall–Kier alpha value is -1.81. The van der Waals surface area contributed by atoms with Gasteiger partial charge < -0.3 is 14.8 Å². The number of nitrogens with one attached hydrogen (secondary N) is 1. The Morgan fingerprint density at radius 3 is 2.58 bits per heavy atom. The summed E-state index contributed by atoms with van der Waals surface area (Å²) >= 11 is 0. The molecule has 4 nitrogen and oxygen atoms in total. The zero-order valence-corrected chi connectivity index (χ0v) is 11.5. The molecule has 0 aromatic heterocycles. The Kier molecular flexibility index (Phi) is 6.68. The summed E-state index contributed by atoms with van der Waals surface area (Å²) in [4.78, 5) is 11.6. The molecule has 0 bridgehead atoms. The smallest absolute Gasteiger partial charge is 0.322 e. The molecule has 0 radical (unpaired) electrons. The summed E-state index contributed by atoms with van der Waals surface area (Å²) in [6.45, 7) is 4.27. The molecule has 0 saturated carbocycles. The maximum Gasteiger partial charge on any atom is 0.322 e. The van der Waals surface area contributed by atoms with Gasteiger partial charge in [0.1, 0.15) is 11.8 Å². The summed E-state index contributed by atoms with van der Waals surface area (Å²) in [5.41, 5.74) is 1.09. The quantitative estimate of drug-likeness (QED) is 0.577. The number of hydrogen-bond acceptors (Lipinski definition) is 4. The van der Waals surface area contributed by atoms with Gasteiger partial charge in [0.2, 0.25) is 0 Å². The standard InChI is InChI=1S/C15H21NO3/c1-4-5-6-14(15(17)19-3)16-11-12-7-9-13(18-2)10-8-12/h4,7-10,14,16H,1,5-6,11H2,2-3H3/t14-/m0/s1. The summed E-state index contributed by atoms with van der Waals surface area (Å²) in [5, 5.41) is 3.20. The van der Waals surface area contributed by atoms with Crippen molar-refractivity contribution >= 4 is 5.97 Å². The van der Waals surface area contributed by atoms with Crippen LogP contribution in [0.25, 0.3) is 0 Å². The maximum atomic E-state index is 11.6. The molecule has 0 heterocycles. The lowest BCUT2D eigenvalue weighted by molar-refractivity contribution is -0.143. The number of esters is 1. The lowest BCUT2D eigenvalue weighted by Gasteiger charge is -2.15. The molecule has 1 aromatic rings. The molecular formula is C15H21NO3. The summed E-state index contributed by atoms with van der Waals surface area (Å²) in [7, 11) is 3.04. The number of rotatable bonds is 8. The molecule has 0 saturated heterocycles. The third-order valence-corrected chi connectivity index (χ3v) is 2.86. The van der Waals surface area contributed by atoms with Crippen molar-refractivity contribution in [3.63, 3.8) is 0 Å². The Bertz CT molecular complexity index is 400. The van der Waals surface area contributed by atoms with E-state index in [0.29, 0.717) is 13.0 Å². The second kappa shape index (κ2) is 8.32. The molecule has 1 rings (SSSR count). The fraction of sp³-hybridized carbons (Fsp3) is 0.400. The van der Waals surface area contributed by atoms with E-state index in [1.165, 1.54) is 7.11 Å². The summed E-state index contributed by atoms with van der Waals surface area (Å²) < 4.78 is 9.88. The first-order chi connectivity index (χ1) is 9.21. The van der Waals surface area contributed by atoms with Gasteiger partial charge in [-0.25, -0.2) is 0 Å². The topological polar surface area (TPSA) is 47.6 Å². The normalized spacial score (nSPS) is 11.7. The van der Waals surface area contributed by atoms with Crippen molar-refractivity contribution in [2.45, 2.75) is 25.4 Å². The molecule has 104 valence electrons. The Morgan fingerprint density at radius 2 is 2.05 bits per heavy atom. The molecule has 0 amide bonds. The molecule has 0 unspecified atom stereocenters. The predicted molar refractivity (Wildman–Crippen MR) is 75.1 cm³/mol. The second-order valence-electron chi connectivity index (χ2n) is 4.17. The van der Waals surface area contributed by atoms with Gasteiger partial charge in [-0.3, -0.25) is 4.79 Å². The first-order valence-corrected chi connectivity index (χ1v) is 6.26. The molecule has 4 heteroatoms. The van der Waals surface area contributed by atoms with Crippen LogP contribution in [0.3, 0.4) is 0 Å². The van der Waals surface area contributed by atoms with Crippen molar-refractivity contribution < 1.29 is 14.3 Å². The van der Waals surface area contributed by atoms with E-state index in [2.05, 4.69) is 11.9 Å². The SMILES string of the molecule is C=CCC[C@H](NCc1ccc(OC)cc1)C(=O)OC. The van der Waals surface area contributed by atoms with Gasteiger partial charge in [-0.15, -0.1) is 6.58 Å². The van der Waals surface area contributed by atoms with E-state index in [1.54, 1.807) is 13.2 Å². The lowest BCUT2D eigenvalue weighted by Crippen LogP contribution is -2.37. The highest BCUT2D eigenvalue weighted by Gasteiger charge is 2.17. The van der Waals surface area contributed by atoms with Crippen molar-refractivity contribution in [2.75, 3.05) is 14.2 Å². The van der Waals surface area contributed by atoms with Crippen LogP contribution >= 0.6 is 0 Å². The van der Waals surface area contributed by atoms with Crippen LogP contribution in [-0.2, 0) is 16.1 Å². The van der Waals surface area contributed by atoms with Crippen LogP contribution in [-0.4, -0.2) is 26.2 Å². The number of methoxy groups -OCH3 is 2. The monoisotopic (exact) mass is 263 g/mol. The molecule has 1 atom stereocenters. The average molecular weight is 263 g/mol. The van der Waals surface area contributed by atoms with Gasteiger partial charge in [-0.1, -0.05) is 18.2 Å². The van der Waals surface area contributed by atoms with Crippen LogP contribution in [0, 0.1) is 0 Å². The molecule has 19 heavy (non-hydrogen) atoms. The Morgan fingerprint density at radius 1 is 1.37 bits per heavy atom. The van der Waals surface area contributed by atoms with Gasteiger partial charge in [-0.05, 0) is 30.5 Å². The fourth-order valence-electron chi connectivity index (χ4n) is 1.71. The van der Waals surface area contributed by atoms with Crippen molar-refractivity contribution in [3.8, 4) is 5.75 Å². The van der Waals surface area contributed by atoms with E-state index < -0.39 is 0 Å². The Balaban J connectivity index is 2.53. The minimum Gasteiger partial charge on any atom is -0.497 e. The molecule has 0 fully saturated rings. The third kappa shape index (κ3) is 5.14.